The van der Waals surface area contributed by atoms with Crippen molar-refractivity contribution in [3.63, 3.8) is 0 Å². The van der Waals surface area contributed by atoms with Crippen LogP contribution in [0.5, 0.6) is 5.75 Å². The molecule has 18 heavy (non-hydrogen) atoms. The zero-order chi connectivity index (χ0) is 13.5. The molecule has 0 aromatic heterocycles. The van der Waals surface area contributed by atoms with Crippen molar-refractivity contribution in [1.29, 1.82) is 0 Å². The van der Waals surface area contributed by atoms with Gasteiger partial charge in [0.15, 0.2) is 0 Å². The molecule has 100 valence electrons. The van der Waals surface area contributed by atoms with Crippen LogP contribution in [0.2, 0.25) is 0 Å². The summed E-state index contributed by atoms with van der Waals surface area (Å²) in [5, 5.41) is 12.2. The second-order valence-corrected chi connectivity index (χ2v) is 4.55. The molecular formula is C14H21NO3. The highest BCUT2D eigenvalue weighted by Gasteiger charge is 2.10. The van der Waals surface area contributed by atoms with E-state index in [1.165, 1.54) is 0 Å². The summed E-state index contributed by atoms with van der Waals surface area (Å²) < 4.78 is 5.32. The Hall–Kier alpha value is -1.55. The van der Waals surface area contributed by atoms with E-state index in [1.807, 2.05) is 26.8 Å². The monoisotopic (exact) mass is 251 g/mol. The van der Waals surface area contributed by atoms with E-state index in [9.17, 15) is 9.90 Å². The van der Waals surface area contributed by atoms with Gasteiger partial charge in [-0.3, -0.25) is 4.79 Å². The molecule has 2 N–H and O–H groups in total. The first-order chi connectivity index (χ1) is 8.49. The van der Waals surface area contributed by atoms with Gasteiger partial charge < -0.3 is 15.2 Å². The van der Waals surface area contributed by atoms with Crippen LogP contribution in [0.4, 0.5) is 0 Å². The molecule has 4 heteroatoms. The first-order valence-electron chi connectivity index (χ1n) is 6.19. The van der Waals surface area contributed by atoms with Crippen LogP contribution in [0.15, 0.2) is 24.3 Å². The Balaban J connectivity index is 2.40. The molecule has 0 aliphatic carbocycles. The molecule has 0 saturated carbocycles. The molecule has 1 aromatic rings. The van der Waals surface area contributed by atoms with Crippen molar-refractivity contribution in [2.45, 2.75) is 39.3 Å². The lowest BCUT2D eigenvalue weighted by Crippen LogP contribution is -2.27. The highest BCUT2D eigenvalue weighted by molar-refractivity contribution is 5.76. The van der Waals surface area contributed by atoms with Gasteiger partial charge in [0.2, 0.25) is 5.91 Å². The maximum absolute atomic E-state index is 11.6. The second-order valence-electron chi connectivity index (χ2n) is 4.55. The molecule has 1 amide bonds. The Morgan fingerprint density at radius 2 is 2.11 bits per heavy atom. The molecule has 0 bridgehead atoms. The summed E-state index contributed by atoms with van der Waals surface area (Å²) in [6.07, 6.45) is 0.489. The first-order valence-corrected chi connectivity index (χ1v) is 6.19. The molecule has 1 aromatic carbocycles. The molecular weight excluding hydrogens is 230 g/mol. The Labute approximate surface area is 108 Å². The maximum Gasteiger partial charge on any atom is 0.222 e. The fraction of sp³-hybridized carbons (Fsp3) is 0.500. The van der Waals surface area contributed by atoms with Crippen LogP contribution >= 0.6 is 0 Å². The van der Waals surface area contributed by atoms with Gasteiger partial charge in [-0.1, -0.05) is 12.1 Å². The van der Waals surface area contributed by atoms with Gasteiger partial charge >= 0.3 is 0 Å². The van der Waals surface area contributed by atoms with Crippen molar-refractivity contribution in [2.75, 3.05) is 6.61 Å². The normalized spacial score (nSPS) is 12.4. The zero-order valence-electron chi connectivity index (χ0n) is 11.1. The SMILES string of the molecule is CC(C)OCCC(=O)N[C@@H](C)c1cccc(O)c1. The van der Waals surface area contributed by atoms with Crippen molar-refractivity contribution < 1.29 is 14.6 Å². The summed E-state index contributed by atoms with van der Waals surface area (Å²) in [5.41, 5.74) is 0.883. The molecule has 0 spiro atoms. The van der Waals surface area contributed by atoms with Gasteiger partial charge in [-0.15, -0.1) is 0 Å². The Morgan fingerprint density at radius 3 is 2.72 bits per heavy atom. The molecule has 0 aliphatic rings. The Morgan fingerprint density at radius 1 is 1.39 bits per heavy atom. The van der Waals surface area contributed by atoms with Crippen molar-refractivity contribution in [3.05, 3.63) is 29.8 Å². The molecule has 0 heterocycles. The van der Waals surface area contributed by atoms with Crippen LogP contribution in [-0.2, 0) is 9.53 Å². The van der Waals surface area contributed by atoms with E-state index in [2.05, 4.69) is 5.32 Å². The number of phenols is 1. The number of rotatable bonds is 6. The number of hydrogen-bond donors (Lipinski definition) is 2. The summed E-state index contributed by atoms with van der Waals surface area (Å²) in [6, 6.07) is 6.76. The van der Waals surface area contributed by atoms with Crippen LogP contribution in [0.1, 0.15) is 38.8 Å². The predicted molar refractivity (Wildman–Crippen MR) is 70.4 cm³/mol. The highest BCUT2D eigenvalue weighted by atomic mass is 16.5. The number of benzene rings is 1. The summed E-state index contributed by atoms with van der Waals surface area (Å²) in [4.78, 5) is 11.6. The molecule has 1 atom stereocenters. The lowest BCUT2D eigenvalue weighted by Gasteiger charge is -2.15. The molecule has 0 aliphatic heterocycles. The molecule has 0 radical (unpaired) electrons. The van der Waals surface area contributed by atoms with Gasteiger partial charge in [-0.05, 0) is 38.5 Å². The van der Waals surface area contributed by atoms with E-state index < -0.39 is 0 Å². The average Bonchev–Trinajstić information content (AvgIpc) is 2.28. The van der Waals surface area contributed by atoms with Crippen LogP contribution in [0.3, 0.4) is 0 Å². The fourth-order valence-electron chi connectivity index (χ4n) is 1.58. The van der Waals surface area contributed by atoms with E-state index in [4.69, 9.17) is 4.74 Å². The van der Waals surface area contributed by atoms with E-state index >= 15 is 0 Å². The van der Waals surface area contributed by atoms with Crippen molar-refractivity contribution >= 4 is 5.91 Å². The quantitative estimate of drug-likeness (QED) is 0.816. The lowest BCUT2D eigenvalue weighted by atomic mass is 10.1. The second kappa shape index (κ2) is 7.01. The van der Waals surface area contributed by atoms with Gasteiger partial charge in [-0.25, -0.2) is 0 Å². The number of nitrogens with one attached hydrogen (secondary N) is 1. The van der Waals surface area contributed by atoms with Crippen LogP contribution in [0.25, 0.3) is 0 Å². The third-order valence-electron chi connectivity index (χ3n) is 2.53. The largest absolute Gasteiger partial charge is 0.508 e. The molecule has 0 saturated heterocycles. The topological polar surface area (TPSA) is 58.6 Å². The highest BCUT2D eigenvalue weighted by Crippen LogP contribution is 2.17. The van der Waals surface area contributed by atoms with Gasteiger partial charge in [0.25, 0.3) is 0 Å². The van der Waals surface area contributed by atoms with Crippen molar-refractivity contribution in [3.8, 4) is 5.75 Å². The molecule has 1 rings (SSSR count). The number of ether oxygens (including phenoxy) is 1. The van der Waals surface area contributed by atoms with Crippen molar-refractivity contribution in [2.24, 2.45) is 0 Å². The lowest BCUT2D eigenvalue weighted by molar-refractivity contribution is -0.123. The predicted octanol–water partition coefficient (Wildman–Crippen LogP) is 2.38. The summed E-state index contributed by atoms with van der Waals surface area (Å²) in [5.74, 6) is 0.156. The third kappa shape index (κ3) is 5.19. The number of hydrogen-bond acceptors (Lipinski definition) is 3. The van der Waals surface area contributed by atoms with E-state index in [-0.39, 0.29) is 23.8 Å². The third-order valence-corrected chi connectivity index (χ3v) is 2.53. The number of carbonyl (C=O) groups is 1. The fourth-order valence-corrected chi connectivity index (χ4v) is 1.58. The number of amides is 1. The number of phenolic OH excluding ortho intramolecular Hbond substituents is 1. The summed E-state index contributed by atoms with van der Waals surface area (Å²) >= 11 is 0. The summed E-state index contributed by atoms with van der Waals surface area (Å²) in [6.45, 7) is 6.19. The Bertz CT molecular complexity index is 390. The van der Waals surface area contributed by atoms with Gasteiger partial charge in [0, 0.05) is 6.42 Å². The maximum atomic E-state index is 11.6. The number of aromatic hydroxyl groups is 1. The standard InChI is InChI=1S/C14H21NO3/c1-10(2)18-8-7-14(17)15-11(3)12-5-4-6-13(16)9-12/h4-6,9-11,16H,7-8H2,1-3H3,(H,15,17)/t11-/m0/s1. The van der Waals surface area contributed by atoms with E-state index in [0.717, 1.165) is 5.56 Å². The minimum Gasteiger partial charge on any atom is -0.508 e. The minimum atomic E-state index is -0.122. The van der Waals surface area contributed by atoms with Gasteiger partial charge in [0.1, 0.15) is 5.75 Å². The molecule has 4 nitrogen and oxygen atoms in total. The molecule has 0 unspecified atom stereocenters. The summed E-state index contributed by atoms with van der Waals surface area (Å²) in [7, 11) is 0. The zero-order valence-corrected chi connectivity index (χ0v) is 11.1. The van der Waals surface area contributed by atoms with Crippen molar-refractivity contribution in [1.82, 2.24) is 5.32 Å². The average molecular weight is 251 g/mol. The van der Waals surface area contributed by atoms with Crippen LogP contribution in [-0.4, -0.2) is 23.7 Å². The van der Waals surface area contributed by atoms with Crippen LogP contribution < -0.4 is 5.32 Å². The minimum absolute atomic E-state index is 0.0495. The van der Waals surface area contributed by atoms with E-state index in [1.54, 1.807) is 18.2 Å². The van der Waals surface area contributed by atoms with Gasteiger partial charge in [-0.2, -0.15) is 0 Å². The van der Waals surface area contributed by atoms with Gasteiger partial charge in [0.05, 0.1) is 18.8 Å². The van der Waals surface area contributed by atoms with E-state index in [0.29, 0.717) is 13.0 Å². The molecule has 0 fully saturated rings. The van der Waals surface area contributed by atoms with Crippen LogP contribution in [0, 0.1) is 0 Å². The smallest absolute Gasteiger partial charge is 0.222 e. The Kier molecular flexibility index (Phi) is 5.65. The number of carbonyl (C=O) groups excluding carboxylic acids is 1. The first kappa shape index (κ1) is 14.5.